The van der Waals surface area contributed by atoms with Gasteiger partial charge < -0.3 is 15.0 Å². The molecule has 0 saturated carbocycles. The highest BCUT2D eigenvalue weighted by atomic mass is 32.1. The first-order chi connectivity index (χ1) is 15.3. The van der Waals surface area contributed by atoms with Crippen LogP contribution in [0.5, 0.6) is 0 Å². The Morgan fingerprint density at radius 2 is 2.00 bits per heavy atom. The van der Waals surface area contributed by atoms with Crippen molar-refractivity contribution in [2.45, 2.75) is 6.42 Å². The minimum absolute atomic E-state index is 0.114. The Kier molecular flexibility index (Phi) is 5.56. The smallest absolute Gasteiger partial charge is 0.230 e. The van der Waals surface area contributed by atoms with Gasteiger partial charge in [-0.2, -0.15) is 0 Å². The lowest BCUT2D eigenvalue weighted by Gasteiger charge is -2.29. The van der Waals surface area contributed by atoms with E-state index in [2.05, 4.69) is 32.3 Å². The van der Waals surface area contributed by atoms with Crippen LogP contribution in [0.3, 0.4) is 0 Å². The van der Waals surface area contributed by atoms with Crippen LogP contribution in [0.1, 0.15) is 5.56 Å². The van der Waals surface area contributed by atoms with Crippen LogP contribution < -0.4 is 10.2 Å². The Labute approximate surface area is 183 Å². The summed E-state index contributed by atoms with van der Waals surface area (Å²) in [6.45, 7) is 3.23. The number of anilines is 2. The quantitative estimate of drug-likeness (QED) is 0.518. The lowest BCUT2D eigenvalue weighted by atomic mass is 10.1. The van der Waals surface area contributed by atoms with Crippen LogP contribution in [0, 0.1) is 0 Å². The number of fused-ring (bicyclic) bond motifs is 1. The number of carbonyl (C=O) groups excluding carboxylic acids is 1. The number of nitrogens with one attached hydrogen (secondary N) is 1. The maximum atomic E-state index is 12.5. The Bertz CT molecular complexity index is 1210. The maximum absolute atomic E-state index is 12.5. The van der Waals surface area contributed by atoms with Crippen LogP contribution in [-0.4, -0.2) is 47.2 Å². The summed E-state index contributed by atoms with van der Waals surface area (Å²) in [7, 11) is 0. The number of nitrogens with zero attached hydrogens (tertiary/aromatic N) is 4. The summed E-state index contributed by atoms with van der Waals surface area (Å²) in [4.78, 5) is 28.3. The zero-order valence-corrected chi connectivity index (χ0v) is 17.6. The van der Waals surface area contributed by atoms with E-state index in [4.69, 9.17) is 9.72 Å². The highest BCUT2D eigenvalue weighted by Crippen LogP contribution is 2.26. The predicted molar refractivity (Wildman–Crippen MR) is 122 cm³/mol. The first-order valence-corrected chi connectivity index (χ1v) is 11.0. The van der Waals surface area contributed by atoms with Crippen molar-refractivity contribution in [1.82, 2.24) is 15.0 Å². The van der Waals surface area contributed by atoms with Crippen LogP contribution in [0.25, 0.3) is 22.3 Å². The summed E-state index contributed by atoms with van der Waals surface area (Å²) in [6, 6.07) is 14.1. The number of hydrogen-bond donors (Lipinski definition) is 1. The second kappa shape index (κ2) is 8.79. The van der Waals surface area contributed by atoms with Gasteiger partial charge in [0.15, 0.2) is 11.0 Å². The molecule has 2 aromatic carbocycles. The summed E-state index contributed by atoms with van der Waals surface area (Å²) in [6.07, 6.45) is 3.71. The fraction of sp³-hybridized carbons (Fsp3) is 0.217. The fourth-order valence-corrected chi connectivity index (χ4v) is 4.23. The van der Waals surface area contributed by atoms with Crippen molar-refractivity contribution in [3.05, 3.63) is 65.8 Å². The molecule has 0 unspecified atom stereocenters. The minimum Gasteiger partial charge on any atom is -0.378 e. The highest BCUT2D eigenvalue weighted by Gasteiger charge is 2.14. The van der Waals surface area contributed by atoms with Gasteiger partial charge in [-0.05, 0) is 17.7 Å². The fourth-order valence-electron chi connectivity index (χ4n) is 3.68. The Hall–Kier alpha value is -3.36. The Morgan fingerprint density at radius 3 is 2.84 bits per heavy atom. The average molecular weight is 432 g/mol. The molecule has 156 valence electrons. The van der Waals surface area contributed by atoms with Crippen molar-refractivity contribution >= 4 is 39.0 Å². The van der Waals surface area contributed by atoms with Crippen LogP contribution in [-0.2, 0) is 16.0 Å². The van der Waals surface area contributed by atoms with Gasteiger partial charge in [-0.1, -0.05) is 30.3 Å². The molecule has 0 aliphatic carbocycles. The molecule has 0 atom stereocenters. The molecule has 8 heteroatoms. The lowest BCUT2D eigenvalue weighted by Crippen LogP contribution is -2.36. The highest BCUT2D eigenvalue weighted by molar-refractivity contribution is 7.13. The standard InChI is InChI=1S/C23H21N5O2S/c29-20(26-23-24-7-12-31-23)14-16-3-1-5-18-15-25-22(27-21(16)18)17-4-2-6-19(13-17)28-8-10-30-11-9-28/h1-7,12-13,15H,8-11,14H2,(H,24,26,29). The van der Waals surface area contributed by atoms with Gasteiger partial charge in [-0.25, -0.2) is 15.0 Å². The number of benzene rings is 2. The second-order valence-corrected chi connectivity index (χ2v) is 8.16. The first kappa shape index (κ1) is 19.6. The van der Waals surface area contributed by atoms with Crippen molar-refractivity contribution in [2.24, 2.45) is 0 Å². The number of morpholine rings is 1. The first-order valence-electron chi connectivity index (χ1n) is 10.1. The maximum Gasteiger partial charge on any atom is 0.230 e. The number of aromatic nitrogens is 3. The number of carbonyl (C=O) groups is 1. The monoisotopic (exact) mass is 431 g/mol. The number of ether oxygens (including phenoxy) is 1. The summed E-state index contributed by atoms with van der Waals surface area (Å²) >= 11 is 1.40. The molecule has 1 saturated heterocycles. The van der Waals surface area contributed by atoms with E-state index >= 15 is 0 Å². The molecule has 1 aliphatic heterocycles. The van der Waals surface area contributed by atoms with Gasteiger partial charge in [0, 0.05) is 47.5 Å². The number of rotatable bonds is 5. The molecule has 1 fully saturated rings. The van der Waals surface area contributed by atoms with Gasteiger partial charge in [0.2, 0.25) is 5.91 Å². The normalized spacial score (nSPS) is 14.0. The van der Waals surface area contributed by atoms with E-state index < -0.39 is 0 Å². The number of hydrogen-bond acceptors (Lipinski definition) is 7. The molecule has 2 aromatic heterocycles. The third-order valence-electron chi connectivity index (χ3n) is 5.20. The van der Waals surface area contributed by atoms with Gasteiger partial charge in [-0.15, -0.1) is 11.3 Å². The molecule has 1 N–H and O–H groups in total. The molecule has 0 spiro atoms. The van der Waals surface area contributed by atoms with Gasteiger partial charge in [0.1, 0.15) is 0 Å². The molecular formula is C23H21N5O2S. The zero-order valence-electron chi connectivity index (χ0n) is 16.8. The van der Waals surface area contributed by atoms with E-state index in [-0.39, 0.29) is 12.3 Å². The van der Waals surface area contributed by atoms with Crippen molar-refractivity contribution in [3.63, 3.8) is 0 Å². The Balaban J connectivity index is 1.44. The lowest BCUT2D eigenvalue weighted by molar-refractivity contribution is -0.115. The summed E-state index contributed by atoms with van der Waals surface area (Å²) in [5.41, 5.74) is 3.74. The third kappa shape index (κ3) is 4.40. The zero-order chi connectivity index (χ0) is 21.0. The van der Waals surface area contributed by atoms with Gasteiger partial charge in [0.05, 0.1) is 25.2 Å². The van der Waals surface area contributed by atoms with Gasteiger partial charge in [0.25, 0.3) is 0 Å². The molecule has 7 nitrogen and oxygen atoms in total. The van der Waals surface area contributed by atoms with Crippen molar-refractivity contribution in [3.8, 4) is 11.4 Å². The summed E-state index contributed by atoms with van der Waals surface area (Å²) in [5, 5.41) is 6.17. The molecular weight excluding hydrogens is 410 g/mol. The molecule has 5 rings (SSSR count). The topological polar surface area (TPSA) is 80.2 Å². The molecule has 4 aromatic rings. The largest absolute Gasteiger partial charge is 0.378 e. The molecule has 0 radical (unpaired) electrons. The number of thiazole rings is 1. The van der Waals surface area contributed by atoms with Gasteiger partial charge >= 0.3 is 0 Å². The van der Waals surface area contributed by atoms with E-state index in [1.54, 1.807) is 6.20 Å². The van der Waals surface area contributed by atoms with E-state index in [0.717, 1.165) is 54.0 Å². The van der Waals surface area contributed by atoms with Crippen molar-refractivity contribution in [1.29, 1.82) is 0 Å². The van der Waals surface area contributed by atoms with Crippen molar-refractivity contribution < 1.29 is 9.53 Å². The second-order valence-electron chi connectivity index (χ2n) is 7.26. The third-order valence-corrected chi connectivity index (χ3v) is 5.89. The molecule has 31 heavy (non-hydrogen) atoms. The van der Waals surface area contributed by atoms with E-state index in [1.165, 1.54) is 11.3 Å². The molecule has 3 heterocycles. The van der Waals surface area contributed by atoms with Gasteiger partial charge in [-0.3, -0.25) is 4.79 Å². The molecule has 1 aliphatic rings. The predicted octanol–water partition coefficient (Wildman–Crippen LogP) is 3.77. The molecule has 0 bridgehead atoms. The van der Waals surface area contributed by atoms with Crippen LogP contribution >= 0.6 is 11.3 Å². The summed E-state index contributed by atoms with van der Waals surface area (Å²) < 4.78 is 5.46. The Morgan fingerprint density at radius 1 is 1.13 bits per heavy atom. The van der Waals surface area contributed by atoms with E-state index in [1.807, 2.05) is 41.9 Å². The SMILES string of the molecule is O=C(Cc1cccc2cnc(-c3cccc(N4CCOCC4)c3)nc12)Nc1nccs1. The summed E-state index contributed by atoms with van der Waals surface area (Å²) in [5.74, 6) is 0.535. The van der Waals surface area contributed by atoms with Crippen LogP contribution in [0.4, 0.5) is 10.8 Å². The average Bonchev–Trinajstić information content (AvgIpc) is 3.32. The van der Waals surface area contributed by atoms with E-state index in [0.29, 0.717) is 11.0 Å². The van der Waals surface area contributed by atoms with Crippen LogP contribution in [0.2, 0.25) is 0 Å². The van der Waals surface area contributed by atoms with Crippen molar-refractivity contribution in [2.75, 3.05) is 36.5 Å². The molecule has 1 amide bonds. The minimum atomic E-state index is -0.114. The van der Waals surface area contributed by atoms with Crippen LogP contribution in [0.15, 0.2) is 60.2 Å². The number of para-hydroxylation sites is 1. The number of amides is 1. The van der Waals surface area contributed by atoms with E-state index in [9.17, 15) is 4.79 Å².